The zero-order valence-corrected chi connectivity index (χ0v) is 7.97. The van der Waals surface area contributed by atoms with E-state index in [1.54, 1.807) is 19.1 Å². The van der Waals surface area contributed by atoms with Gasteiger partial charge in [-0.15, -0.1) is 0 Å². The molecule has 0 aromatic heterocycles. The van der Waals surface area contributed by atoms with Crippen molar-refractivity contribution in [2.45, 2.75) is 6.92 Å². The number of hydrogen-bond donors (Lipinski definition) is 0. The average Bonchev–Trinajstić information content (AvgIpc) is 1.85. The van der Waals surface area contributed by atoms with Crippen LogP contribution in [0.25, 0.3) is 0 Å². The third-order valence-corrected chi connectivity index (χ3v) is 2.01. The number of rotatable bonds is 1. The van der Waals surface area contributed by atoms with Crippen LogP contribution in [0, 0.1) is 10.5 Å². The van der Waals surface area contributed by atoms with E-state index in [2.05, 4.69) is 22.6 Å². The monoisotopic (exact) mass is 269 g/mol. The van der Waals surface area contributed by atoms with E-state index in [4.69, 9.17) is 0 Å². The fourth-order valence-electron chi connectivity index (χ4n) is 0.809. The first kappa shape index (κ1) is 8.70. The van der Waals surface area contributed by atoms with Gasteiger partial charge in [-0.2, -0.15) is 0 Å². The second kappa shape index (κ2) is 3.34. The summed E-state index contributed by atoms with van der Waals surface area (Å²) in [6.07, 6.45) is 0. The molecule has 0 saturated carbocycles. The Morgan fingerprint density at radius 1 is 1.36 bits per heavy atom. The molecule has 0 amide bonds. The molecule has 0 spiro atoms. The molecule has 0 N–H and O–H groups in total. The molecule has 0 heterocycles. The first-order valence-electron chi connectivity index (χ1n) is 2.99. The highest BCUT2D eigenvalue weighted by Gasteiger charge is 2.05. The molecule has 1 nitrogen and oxygen atoms in total. The Balaban J connectivity index is 3.09. The Kier molecular flexibility index (Phi) is 2.64. The highest BCUT2D eigenvalue weighted by atomic mass is 127. The molecule has 0 saturated heterocycles. The van der Waals surface area contributed by atoms with Crippen molar-refractivity contribution in [2.24, 2.45) is 0 Å². The minimum absolute atomic E-state index is 0.0367. The molecule has 0 atom stereocenters. The lowest BCUT2D eigenvalue weighted by Gasteiger charge is -2.05. The SMILES string of the molecule is Cc1cc(I)ccc1N(F)F. The van der Waals surface area contributed by atoms with Gasteiger partial charge < -0.3 is 0 Å². The Bertz CT molecular complexity index is 263. The summed E-state index contributed by atoms with van der Waals surface area (Å²) in [7, 11) is 0. The molecule has 4 heteroatoms. The summed E-state index contributed by atoms with van der Waals surface area (Å²) in [5.74, 6) is 0. The van der Waals surface area contributed by atoms with Gasteiger partial charge in [0.25, 0.3) is 0 Å². The van der Waals surface area contributed by atoms with Crippen LogP contribution in [-0.2, 0) is 0 Å². The van der Waals surface area contributed by atoms with Crippen molar-refractivity contribution in [2.75, 3.05) is 5.34 Å². The van der Waals surface area contributed by atoms with Gasteiger partial charge in [0.1, 0.15) is 5.69 Å². The molecule has 0 aliphatic carbocycles. The van der Waals surface area contributed by atoms with E-state index in [9.17, 15) is 8.96 Å². The Hall–Kier alpha value is -0.390. The van der Waals surface area contributed by atoms with E-state index >= 15 is 0 Å². The van der Waals surface area contributed by atoms with E-state index in [0.717, 1.165) is 3.57 Å². The number of halogens is 3. The van der Waals surface area contributed by atoms with Crippen LogP contribution in [0.3, 0.4) is 0 Å². The van der Waals surface area contributed by atoms with Gasteiger partial charge in [-0.3, -0.25) is 0 Å². The lowest BCUT2D eigenvalue weighted by molar-refractivity contribution is 0.234. The van der Waals surface area contributed by atoms with Crippen LogP contribution < -0.4 is 5.34 Å². The van der Waals surface area contributed by atoms with Gasteiger partial charge in [0.2, 0.25) is 0 Å². The first-order chi connectivity index (χ1) is 5.11. The van der Waals surface area contributed by atoms with Gasteiger partial charge in [0.15, 0.2) is 0 Å². The largest absolute Gasteiger partial charge is 0.108 e. The second-order valence-electron chi connectivity index (χ2n) is 2.16. The molecule has 1 rings (SSSR count). The molecule has 1 aromatic rings. The van der Waals surface area contributed by atoms with E-state index in [1.807, 2.05) is 0 Å². The van der Waals surface area contributed by atoms with Crippen molar-refractivity contribution in [3.8, 4) is 0 Å². The lowest BCUT2D eigenvalue weighted by Crippen LogP contribution is -1.97. The van der Waals surface area contributed by atoms with Crippen molar-refractivity contribution in [1.29, 1.82) is 0 Å². The molecular formula is C7H6F2IN. The Morgan fingerprint density at radius 2 is 2.00 bits per heavy atom. The molecule has 0 radical (unpaired) electrons. The number of anilines is 1. The van der Waals surface area contributed by atoms with Gasteiger partial charge in [-0.05, 0) is 58.6 Å². The van der Waals surface area contributed by atoms with Gasteiger partial charge in [0.05, 0.1) is 0 Å². The maximum absolute atomic E-state index is 12.0. The minimum atomic E-state index is -0.870. The van der Waals surface area contributed by atoms with Crippen LogP contribution in [0.5, 0.6) is 0 Å². The number of benzene rings is 1. The number of hydrogen-bond acceptors (Lipinski definition) is 1. The molecule has 0 bridgehead atoms. The van der Waals surface area contributed by atoms with Crippen LogP contribution in [0.1, 0.15) is 5.56 Å². The summed E-state index contributed by atoms with van der Waals surface area (Å²) < 4.78 is 24.9. The quantitative estimate of drug-likeness (QED) is 0.559. The highest BCUT2D eigenvalue weighted by molar-refractivity contribution is 14.1. The van der Waals surface area contributed by atoms with Crippen LogP contribution >= 0.6 is 22.6 Å². The summed E-state index contributed by atoms with van der Waals surface area (Å²) >= 11 is 2.08. The van der Waals surface area contributed by atoms with E-state index in [1.165, 1.54) is 6.07 Å². The average molecular weight is 269 g/mol. The van der Waals surface area contributed by atoms with Crippen molar-refractivity contribution in [3.05, 3.63) is 27.3 Å². The fourth-order valence-corrected chi connectivity index (χ4v) is 1.46. The topological polar surface area (TPSA) is 3.24 Å². The van der Waals surface area contributed by atoms with Crippen LogP contribution in [0.2, 0.25) is 0 Å². The van der Waals surface area contributed by atoms with Crippen molar-refractivity contribution in [3.63, 3.8) is 0 Å². The summed E-state index contributed by atoms with van der Waals surface area (Å²) in [5, 5.41) is -0.870. The predicted molar refractivity (Wildman–Crippen MR) is 48.6 cm³/mol. The molecule has 0 aliphatic heterocycles. The summed E-state index contributed by atoms with van der Waals surface area (Å²) in [4.78, 5) is 0. The molecule has 11 heavy (non-hydrogen) atoms. The summed E-state index contributed by atoms with van der Waals surface area (Å²) in [6.45, 7) is 1.66. The minimum Gasteiger partial charge on any atom is -0.0666 e. The number of nitrogens with zero attached hydrogens (tertiary/aromatic N) is 1. The molecule has 1 aromatic carbocycles. The van der Waals surface area contributed by atoms with Crippen molar-refractivity contribution >= 4 is 28.3 Å². The van der Waals surface area contributed by atoms with Crippen LogP contribution in [-0.4, -0.2) is 0 Å². The van der Waals surface area contributed by atoms with Crippen molar-refractivity contribution in [1.82, 2.24) is 0 Å². The van der Waals surface area contributed by atoms with E-state index < -0.39 is 5.34 Å². The predicted octanol–water partition coefficient (Wildman–Crippen LogP) is 3.18. The standard InChI is InChI=1S/C7H6F2IN/c1-5-4-6(10)2-3-7(5)11(8)9/h2-4H,1H3. The zero-order chi connectivity index (χ0) is 8.43. The highest BCUT2D eigenvalue weighted by Crippen LogP contribution is 2.22. The second-order valence-corrected chi connectivity index (χ2v) is 3.41. The Morgan fingerprint density at radius 3 is 2.45 bits per heavy atom. The van der Waals surface area contributed by atoms with Gasteiger partial charge in [-0.25, -0.2) is 0 Å². The van der Waals surface area contributed by atoms with Gasteiger partial charge in [0, 0.05) is 3.57 Å². The molecule has 0 fully saturated rings. The van der Waals surface area contributed by atoms with Gasteiger partial charge in [-0.1, -0.05) is 8.96 Å². The van der Waals surface area contributed by atoms with E-state index in [-0.39, 0.29) is 5.69 Å². The molecule has 0 aliphatic rings. The Labute approximate surface area is 77.0 Å². The van der Waals surface area contributed by atoms with Gasteiger partial charge >= 0.3 is 0 Å². The lowest BCUT2D eigenvalue weighted by atomic mass is 10.2. The summed E-state index contributed by atoms with van der Waals surface area (Å²) in [6, 6.07) is 4.76. The molecule has 0 unspecified atom stereocenters. The number of aryl methyl sites for hydroxylation is 1. The normalized spacial score (nSPS) is 9.82. The summed E-state index contributed by atoms with van der Waals surface area (Å²) in [5.41, 5.74) is 0.548. The smallest absolute Gasteiger partial charge is 0.0666 e. The first-order valence-corrected chi connectivity index (χ1v) is 4.07. The maximum atomic E-state index is 12.0. The maximum Gasteiger partial charge on any atom is 0.108 e. The van der Waals surface area contributed by atoms with Crippen LogP contribution in [0.4, 0.5) is 14.6 Å². The van der Waals surface area contributed by atoms with Crippen LogP contribution in [0.15, 0.2) is 18.2 Å². The third-order valence-electron chi connectivity index (χ3n) is 1.34. The van der Waals surface area contributed by atoms with Crippen molar-refractivity contribution < 1.29 is 8.96 Å². The molecular weight excluding hydrogens is 263 g/mol. The van der Waals surface area contributed by atoms with E-state index in [0.29, 0.717) is 5.56 Å². The fraction of sp³-hybridized carbons (Fsp3) is 0.143. The molecule has 60 valence electrons. The zero-order valence-electron chi connectivity index (χ0n) is 5.81. The third kappa shape index (κ3) is 2.02.